The molecule has 0 aliphatic carbocycles. The summed E-state index contributed by atoms with van der Waals surface area (Å²) < 4.78 is 19.0. The van der Waals surface area contributed by atoms with Crippen LogP contribution in [0.4, 0.5) is 10.1 Å². The molecule has 154 valence electrons. The van der Waals surface area contributed by atoms with Gasteiger partial charge in [0.25, 0.3) is 0 Å². The lowest BCUT2D eigenvalue weighted by atomic mass is 10.0. The summed E-state index contributed by atoms with van der Waals surface area (Å²) in [5, 5.41) is 22.4. The molecule has 3 aromatic rings. The number of nitrogens with two attached hydrogens (primary N) is 1. The van der Waals surface area contributed by atoms with Crippen LogP contribution in [0.25, 0.3) is 11.1 Å². The first-order valence-corrected chi connectivity index (χ1v) is 9.63. The molecule has 3 rings (SSSR count). The number of nitrogens with zero attached hydrogens (tertiary/aromatic N) is 1. The van der Waals surface area contributed by atoms with Crippen LogP contribution in [0.3, 0.4) is 0 Å². The quantitative estimate of drug-likeness (QED) is 0.391. The molecule has 0 aromatic heterocycles. The van der Waals surface area contributed by atoms with Gasteiger partial charge in [-0.3, -0.25) is 0 Å². The van der Waals surface area contributed by atoms with Crippen LogP contribution in [0.5, 0.6) is 5.75 Å². The summed E-state index contributed by atoms with van der Waals surface area (Å²) in [5.74, 6) is 0.134. The molecular weight excluding hydrogens is 381 g/mol. The molecule has 5 nitrogen and oxygen atoms in total. The number of nitrogen functional groups attached to an aromatic ring is 1. The summed E-state index contributed by atoms with van der Waals surface area (Å²) in [6.07, 6.45) is -0.139. The van der Waals surface area contributed by atoms with Crippen LogP contribution in [0.1, 0.15) is 22.8 Å². The number of benzene rings is 3. The van der Waals surface area contributed by atoms with Crippen LogP contribution in [-0.4, -0.2) is 25.3 Å². The molecule has 0 aliphatic heterocycles. The minimum Gasteiger partial charge on any atom is -0.497 e. The fourth-order valence-electron chi connectivity index (χ4n) is 3.16. The maximum Gasteiger partial charge on any atom is 0.147 e. The van der Waals surface area contributed by atoms with Crippen LogP contribution < -0.4 is 15.8 Å². The summed E-state index contributed by atoms with van der Waals surface area (Å²) in [4.78, 5) is 0. The van der Waals surface area contributed by atoms with Crippen molar-refractivity contribution in [2.75, 3.05) is 25.9 Å². The predicted octanol–water partition coefficient (Wildman–Crippen LogP) is 3.82. The standard InChI is InChI=1S/C24H24FN3O2/c1-30-21-8-6-18(7-9-21)17-4-2-16(3-5-17)10-11-28-15-23(29)19-12-20(14-26)24(27)22(25)13-19/h2-9,12-13,23,28-29H,10-11,15,27H2,1H3. The van der Waals surface area contributed by atoms with Crippen molar-refractivity contribution in [3.63, 3.8) is 0 Å². The fourth-order valence-corrected chi connectivity index (χ4v) is 3.16. The van der Waals surface area contributed by atoms with E-state index in [1.54, 1.807) is 7.11 Å². The van der Waals surface area contributed by atoms with Gasteiger partial charge in [-0.05, 0) is 59.5 Å². The number of rotatable bonds is 8. The Labute approximate surface area is 175 Å². The zero-order chi connectivity index (χ0) is 21.5. The average molecular weight is 405 g/mol. The van der Waals surface area contributed by atoms with E-state index in [-0.39, 0.29) is 17.8 Å². The van der Waals surface area contributed by atoms with E-state index in [0.29, 0.717) is 12.1 Å². The molecular formula is C24H24FN3O2. The molecule has 0 saturated carbocycles. The van der Waals surface area contributed by atoms with Crippen molar-refractivity contribution in [3.05, 3.63) is 83.2 Å². The highest BCUT2D eigenvalue weighted by Crippen LogP contribution is 2.23. The molecule has 30 heavy (non-hydrogen) atoms. The van der Waals surface area contributed by atoms with Crippen molar-refractivity contribution < 1.29 is 14.2 Å². The molecule has 6 heteroatoms. The van der Waals surface area contributed by atoms with Crippen LogP contribution in [0.15, 0.2) is 60.7 Å². The summed E-state index contributed by atoms with van der Waals surface area (Å²) >= 11 is 0. The summed E-state index contributed by atoms with van der Waals surface area (Å²) in [6, 6.07) is 20.6. The van der Waals surface area contributed by atoms with E-state index >= 15 is 0 Å². The Morgan fingerprint density at radius 3 is 2.33 bits per heavy atom. The van der Waals surface area contributed by atoms with Crippen molar-refractivity contribution >= 4 is 5.69 Å². The highest BCUT2D eigenvalue weighted by atomic mass is 19.1. The molecule has 0 fully saturated rings. The van der Waals surface area contributed by atoms with Crippen LogP contribution in [0.2, 0.25) is 0 Å². The van der Waals surface area contributed by atoms with Crippen molar-refractivity contribution in [1.29, 1.82) is 5.26 Å². The minimum absolute atomic E-state index is 0.0287. The van der Waals surface area contributed by atoms with Crippen molar-refractivity contribution in [1.82, 2.24) is 5.32 Å². The van der Waals surface area contributed by atoms with Crippen LogP contribution in [-0.2, 0) is 6.42 Å². The lowest BCUT2D eigenvalue weighted by Crippen LogP contribution is -2.24. The zero-order valence-corrected chi connectivity index (χ0v) is 16.7. The average Bonchev–Trinajstić information content (AvgIpc) is 2.78. The van der Waals surface area contributed by atoms with Gasteiger partial charge in [0.05, 0.1) is 24.5 Å². The van der Waals surface area contributed by atoms with Gasteiger partial charge < -0.3 is 20.9 Å². The summed E-state index contributed by atoms with van der Waals surface area (Å²) in [5.41, 5.74) is 9.09. The van der Waals surface area contributed by atoms with Crippen molar-refractivity contribution in [2.45, 2.75) is 12.5 Å². The molecule has 0 saturated heterocycles. The second kappa shape index (κ2) is 9.88. The van der Waals surface area contributed by atoms with Gasteiger partial charge in [-0.25, -0.2) is 4.39 Å². The van der Waals surface area contributed by atoms with Gasteiger partial charge in [0.15, 0.2) is 0 Å². The molecule has 0 bridgehead atoms. The third-order valence-electron chi connectivity index (χ3n) is 4.96. The molecule has 0 aliphatic rings. The van der Waals surface area contributed by atoms with E-state index in [1.165, 1.54) is 17.7 Å². The molecule has 4 N–H and O–H groups in total. The van der Waals surface area contributed by atoms with Gasteiger partial charge in [-0.15, -0.1) is 0 Å². The summed E-state index contributed by atoms with van der Waals surface area (Å²) in [7, 11) is 1.65. The van der Waals surface area contributed by atoms with E-state index in [2.05, 4.69) is 29.6 Å². The van der Waals surface area contributed by atoms with Gasteiger partial charge in [-0.2, -0.15) is 5.26 Å². The van der Waals surface area contributed by atoms with Gasteiger partial charge in [-0.1, -0.05) is 36.4 Å². The zero-order valence-electron chi connectivity index (χ0n) is 16.7. The number of anilines is 1. The largest absolute Gasteiger partial charge is 0.497 e. The minimum atomic E-state index is -0.926. The van der Waals surface area contributed by atoms with Gasteiger partial charge in [0.1, 0.15) is 17.6 Å². The Kier molecular flexibility index (Phi) is 7.02. The number of methoxy groups -OCH3 is 1. The number of aliphatic hydroxyl groups is 1. The van der Waals surface area contributed by atoms with Crippen molar-refractivity contribution in [2.24, 2.45) is 0 Å². The maximum atomic E-state index is 13.8. The normalized spacial score (nSPS) is 11.7. The molecule has 3 aromatic carbocycles. The molecule has 0 amide bonds. The monoisotopic (exact) mass is 405 g/mol. The van der Waals surface area contributed by atoms with E-state index in [4.69, 9.17) is 15.7 Å². The Morgan fingerprint density at radius 2 is 1.73 bits per heavy atom. The molecule has 1 unspecified atom stereocenters. The number of hydrogen-bond acceptors (Lipinski definition) is 5. The number of hydrogen-bond donors (Lipinski definition) is 3. The first-order chi connectivity index (χ1) is 14.5. The topological polar surface area (TPSA) is 91.3 Å². The number of nitriles is 1. The van der Waals surface area contributed by atoms with Crippen molar-refractivity contribution in [3.8, 4) is 22.9 Å². The number of halogens is 1. The lowest BCUT2D eigenvalue weighted by Gasteiger charge is -2.14. The van der Waals surface area contributed by atoms with E-state index in [1.807, 2.05) is 30.3 Å². The Morgan fingerprint density at radius 1 is 1.10 bits per heavy atom. The third-order valence-corrected chi connectivity index (χ3v) is 4.96. The van der Waals surface area contributed by atoms with E-state index in [9.17, 15) is 9.50 Å². The Bertz CT molecular complexity index is 1030. The third kappa shape index (κ3) is 5.15. The fraction of sp³-hybridized carbons (Fsp3) is 0.208. The Balaban J connectivity index is 1.50. The first-order valence-electron chi connectivity index (χ1n) is 9.63. The van der Waals surface area contributed by atoms with E-state index < -0.39 is 11.9 Å². The number of aliphatic hydroxyl groups excluding tert-OH is 1. The highest BCUT2D eigenvalue weighted by Gasteiger charge is 2.13. The van der Waals surface area contributed by atoms with Gasteiger partial charge in [0, 0.05) is 6.54 Å². The maximum absolute atomic E-state index is 13.8. The van der Waals surface area contributed by atoms with Crippen LogP contribution in [0, 0.1) is 17.1 Å². The first kappa shape index (κ1) is 21.3. The lowest BCUT2D eigenvalue weighted by molar-refractivity contribution is 0.174. The second-order valence-corrected chi connectivity index (χ2v) is 6.97. The predicted molar refractivity (Wildman–Crippen MR) is 115 cm³/mol. The molecule has 0 spiro atoms. The Hall–Kier alpha value is -3.40. The van der Waals surface area contributed by atoms with E-state index in [0.717, 1.165) is 23.3 Å². The molecule has 0 radical (unpaired) electrons. The second-order valence-electron chi connectivity index (χ2n) is 6.97. The number of ether oxygens (including phenoxy) is 1. The van der Waals surface area contributed by atoms with Crippen LogP contribution >= 0.6 is 0 Å². The molecule has 0 heterocycles. The smallest absolute Gasteiger partial charge is 0.147 e. The highest BCUT2D eigenvalue weighted by molar-refractivity contribution is 5.64. The van der Waals surface area contributed by atoms with Gasteiger partial charge >= 0.3 is 0 Å². The summed E-state index contributed by atoms with van der Waals surface area (Å²) in [6.45, 7) is 0.902. The SMILES string of the molecule is COc1ccc(-c2ccc(CCNCC(O)c3cc(F)c(N)c(C#N)c3)cc2)cc1. The molecule has 1 atom stereocenters. The van der Waals surface area contributed by atoms with Gasteiger partial charge in [0.2, 0.25) is 0 Å². The number of nitrogens with one attached hydrogen (secondary N) is 1.